The molecule has 0 amide bonds. The zero-order valence-electron chi connectivity index (χ0n) is 12.0. The van der Waals surface area contributed by atoms with E-state index in [1.165, 1.54) is 28.1 Å². The summed E-state index contributed by atoms with van der Waals surface area (Å²) in [5.74, 6) is 0. The Balaban J connectivity index is 2.66. The smallest absolute Gasteiger partial charge is 0.0456 e. The van der Waals surface area contributed by atoms with Gasteiger partial charge in [-0.25, -0.2) is 0 Å². The van der Waals surface area contributed by atoms with Crippen LogP contribution in [0.2, 0.25) is 0 Å². The first-order chi connectivity index (χ1) is 8.45. The Bertz CT molecular complexity index is 513. The van der Waals surface area contributed by atoms with Crippen LogP contribution in [-0.4, -0.2) is 6.54 Å². The van der Waals surface area contributed by atoms with Gasteiger partial charge in [-0.2, -0.15) is 0 Å². The van der Waals surface area contributed by atoms with Gasteiger partial charge in [0.2, 0.25) is 0 Å². The molecule has 0 aliphatic carbocycles. The summed E-state index contributed by atoms with van der Waals surface area (Å²) in [4.78, 5) is 2.30. The molecule has 18 heavy (non-hydrogen) atoms. The Labute approximate surface area is 111 Å². The van der Waals surface area contributed by atoms with Gasteiger partial charge in [0.15, 0.2) is 0 Å². The molecule has 0 spiro atoms. The van der Waals surface area contributed by atoms with E-state index >= 15 is 0 Å². The van der Waals surface area contributed by atoms with Gasteiger partial charge in [-0.05, 0) is 49.9 Å². The minimum absolute atomic E-state index is 0.0663. The van der Waals surface area contributed by atoms with Crippen LogP contribution < -0.4 is 4.90 Å². The van der Waals surface area contributed by atoms with Crippen LogP contribution in [0.4, 0.5) is 5.69 Å². The van der Waals surface area contributed by atoms with E-state index in [1.54, 1.807) is 0 Å². The second kappa shape index (κ2) is 4.31. The number of allylic oxidation sites excluding steroid dienone is 1. The SMILES string of the molecule is C=CCN1C(=C)C(C)(CC)c2cc(C)c(C)cc21. The molecule has 1 aliphatic heterocycles. The van der Waals surface area contributed by atoms with E-state index in [1.807, 2.05) is 6.08 Å². The van der Waals surface area contributed by atoms with Gasteiger partial charge in [-0.1, -0.05) is 25.6 Å². The highest BCUT2D eigenvalue weighted by Gasteiger charge is 2.40. The number of fused-ring (bicyclic) bond motifs is 1. The van der Waals surface area contributed by atoms with E-state index in [0.29, 0.717) is 0 Å². The molecule has 1 unspecified atom stereocenters. The van der Waals surface area contributed by atoms with Gasteiger partial charge in [-0.3, -0.25) is 0 Å². The first-order valence-electron chi connectivity index (χ1n) is 6.65. The fourth-order valence-electron chi connectivity index (χ4n) is 2.80. The van der Waals surface area contributed by atoms with Crippen LogP contribution >= 0.6 is 0 Å². The molecule has 1 aliphatic rings. The third-order valence-electron chi connectivity index (χ3n) is 4.48. The summed E-state index contributed by atoms with van der Waals surface area (Å²) in [6, 6.07) is 4.63. The number of hydrogen-bond donors (Lipinski definition) is 0. The van der Waals surface area contributed by atoms with Gasteiger partial charge in [0.25, 0.3) is 0 Å². The molecular weight excluding hydrogens is 218 g/mol. The number of anilines is 1. The van der Waals surface area contributed by atoms with E-state index in [4.69, 9.17) is 0 Å². The molecule has 1 atom stereocenters. The van der Waals surface area contributed by atoms with E-state index in [2.05, 4.69) is 57.9 Å². The summed E-state index contributed by atoms with van der Waals surface area (Å²) < 4.78 is 0. The van der Waals surface area contributed by atoms with Gasteiger partial charge < -0.3 is 4.90 Å². The molecular formula is C17H23N. The van der Waals surface area contributed by atoms with E-state index in [0.717, 1.165) is 13.0 Å². The monoisotopic (exact) mass is 241 g/mol. The first kappa shape index (κ1) is 12.9. The number of rotatable bonds is 3. The lowest BCUT2D eigenvalue weighted by molar-refractivity contribution is 0.550. The van der Waals surface area contributed by atoms with Crippen LogP contribution in [0.15, 0.2) is 37.1 Å². The maximum absolute atomic E-state index is 4.33. The average molecular weight is 241 g/mol. The van der Waals surface area contributed by atoms with Crippen molar-refractivity contribution >= 4 is 5.69 Å². The summed E-state index contributed by atoms with van der Waals surface area (Å²) in [5.41, 5.74) is 6.70. The standard InChI is InChI=1S/C17H23N/c1-7-9-18-14(5)17(6,8-2)15-10-12(3)13(4)11-16(15)18/h7,10-11H,1,5,8-9H2,2-4,6H3. The molecule has 0 bridgehead atoms. The number of nitrogens with zero attached hydrogens (tertiary/aromatic N) is 1. The molecule has 0 saturated heterocycles. The van der Waals surface area contributed by atoms with Crippen LogP contribution in [-0.2, 0) is 5.41 Å². The lowest BCUT2D eigenvalue weighted by atomic mass is 9.79. The van der Waals surface area contributed by atoms with E-state index in [9.17, 15) is 0 Å². The van der Waals surface area contributed by atoms with Crippen LogP contribution in [0.5, 0.6) is 0 Å². The third kappa shape index (κ3) is 1.61. The van der Waals surface area contributed by atoms with E-state index in [-0.39, 0.29) is 5.41 Å². The minimum Gasteiger partial charge on any atom is -0.341 e. The minimum atomic E-state index is 0.0663. The Hall–Kier alpha value is -1.50. The number of hydrogen-bond acceptors (Lipinski definition) is 1. The predicted octanol–water partition coefficient (Wildman–Crippen LogP) is 4.49. The second-order valence-electron chi connectivity index (χ2n) is 5.49. The third-order valence-corrected chi connectivity index (χ3v) is 4.48. The molecule has 0 saturated carbocycles. The highest BCUT2D eigenvalue weighted by molar-refractivity contribution is 5.72. The van der Waals surface area contributed by atoms with Gasteiger partial charge in [-0.15, -0.1) is 6.58 Å². The van der Waals surface area contributed by atoms with Gasteiger partial charge >= 0.3 is 0 Å². The van der Waals surface area contributed by atoms with Crippen LogP contribution in [0.3, 0.4) is 0 Å². The molecule has 0 radical (unpaired) electrons. The van der Waals surface area contributed by atoms with Crippen molar-refractivity contribution in [2.24, 2.45) is 0 Å². The second-order valence-corrected chi connectivity index (χ2v) is 5.49. The van der Waals surface area contributed by atoms with Crippen molar-refractivity contribution in [3.63, 3.8) is 0 Å². The van der Waals surface area contributed by atoms with Crippen molar-refractivity contribution in [3.05, 3.63) is 53.8 Å². The first-order valence-corrected chi connectivity index (χ1v) is 6.65. The molecule has 0 aromatic heterocycles. The summed E-state index contributed by atoms with van der Waals surface area (Å²) in [6.45, 7) is 17.9. The average Bonchev–Trinajstić information content (AvgIpc) is 2.54. The van der Waals surface area contributed by atoms with Gasteiger partial charge in [0.05, 0.1) is 0 Å². The zero-order valence-corrected chi connectivity index (χ0v) is 12.0. The molecule has 1 aromatic carbocycles. The summed E-state index contributed by atoms with van der Waals surface area (Å²) in [7, 11) is 0. The Morgan fingerprint density at radius 3 is 2.44 bits per heavy atom. The predicted molar refractivity (Wildman–Crippen MR) is 80.2 cm³/mol. The summed E-state index contributed by atoms with van der Waals surface area (Å²) >= 11 is 0. The number of aryl methyl sites for hydroxylation is 2. The van der Waals surface area contributed by atoms with Crippen LogP contribution in [0, 0.1) is 13.8 Å². The molecule has 0 N–H and O–H groups in total. The molecule has 96 valence electrons. The van der Waals surface area contributed by atoms with Crippen molar-refractivity contribution in [1.29, 1.82) is 0 Å². The Morgan fingerprint density at radius 1 is 1.28 bits per heavy atom. The van der Waals surface area contributed by atoms with Crippen molar-refractivity contribution in [1.82, 2.24) is 0 Å². The highest BCUT2D eigenvalue weighted by atomic mass is 15.2. The van der Waals surface area contributed by atoms with Crippen molar-refractivity contribution in [2.75, 3.05) is 11.4 Å². The summed E-state index contributed by atoms with van der Waals surface area (Å²) in [5, 5.41) is 0. The summed E-state index contributed by atoms with van der Waals surface area (Å²) in [6.07, 6.45) is 3.03. The zero-order chi connectivity index (χ0) is 13.5. The van der Waals surface area contributed by atoms with Crippen molar-refractivity contribution in [2.45, 2.75) is 39.5 Å². The molecule has 1 heteroatoms. The number of benzene rings is 1. The van der Waals surface area contributed by atoms with Crippen LogP contribution in [0.25, 0.3) is 0 Å². The Kier molecular flexibility index (Phi) is 3.10. The fourth-order valence-corrected chi connectivity index (χ4v) is 2.80. The molecule has 1 aromatic rings. The molecule has 0 fully saturated rings. The lowest BCUT2D eigenvalue weighted by Gasteiger charge is -2.27. The fraction of sp³-hybridized carbons (Fsp3) is 0.412. The highest BCUT2D eigenvalue weighted by Crippen LogP contribution is 2.49. The Morgan fingerprint density at radius 2 is 1.89 bits per heavy atom. The normalized spacial score (nSPS) is 22.2. The molecule has 1 heterocycles. The van der Waals surface area contributed by atoms with Gasteiger partial charge in [0, 0.05) is 23.3 Å². The quantitative estimate of drug-likeness (QED) is 0.705. The van der Waals surface area contributed by atoms with Gasteiger partial charge in [0.1, 0.15) is 0 Å². The molecule has 2 rings (SSSR count). The molecule has 1 nitrogen and oxygen atoms in total. The van der Waals surface area contributed by atoms with E-state index < -0.39 is 0 Å². The van der Waals surface area contributed by atoms with Crippen molar-refractivity contribution < 1.29 is 0 Å². The lowest BCUT2D eigenvalue weighted by Crippen LogP contribution is -2.27. The van der Waals surface area contributed by atoms with Crippen molar-refractivity contribution in [3.8, 4) is 0 Å². The van der Waals surface area contributed by atoms with Crippen LogP contribution in [0.1, 0.15) is 37.0 Å². The topological polar surface area (TPSA) is 3.24 Å². The maximum atomic E-state index is 4.33. The maximum Gasteiger partial charge on any atom is 0.0456 e. The largest absolute Gasteiger partial charge is 0.341 e.